The average Bonchev–Trinajstić information content (AvgIpc) is 2.73. The molecule has 30 heavy (non-hydrogen) atoms. The highest BCUT2D eigenvalue weighted by Gasteiger charge is 2.16. The Morgan fingerprint density at radius 1 is 0.933 bits per heavy atom. The molecule has 0 aromatic heterocycles. The maximum Gasteiger partial charge on any atom is 0.261 e. The van der Waals surface area contributed by atoms with Gasteiger partial charge in [-0.25, -0.2) is 12.8 Å². The second kappa shape index (κ2) is 9.09. The van der Waals surface area contributed by atoms with E-state index in [0.717, 1.165) is 16.7 Å². The molecule has 0 aliphatic carbocycles. The highest BCUT2D eigenvalue weighted by atomic mass is 32.2. The monoisotopic (exact) mass is 426 g/mol. The van der Waals surface area contributed by atoms with Crippen molar-refractivity contribution in [3.8, 4) is 0 Å². The van der Waals surface area contributed by atoms with Crippen LogP contribution in [0.5, 0.6) is 0 Å². The van der Waals surface area contributed by atoms with E-state index < -0.39 is 10.0 Å². The molecule has 0 saturated carbocycles. The summed E-state index contributed by atoms with van der Waals surface area (Å²) in [5.74, 6) is -0.603. The predicted octanol–water partition coefficient (Wildman–Crippen LogP) is 4.22. The highest BCUT2D eigenvalue weighted by Crippen LogP contribution is 2.22. The van der Waals surface area contributed by atoms with E-state index >= 15 is 0 Å². The fourth-order valence-electron chi connectivity index (χ4n) is 2.92. The molecule has 0 spiro atoms. The smallest absolute Gasteiger partial charge is 0.261 e. The number of sulfonamides is 1. The zero-order valence-electron chi connectivity index (χ0n) is 16.8. The van der Waals surface area contributed by atoms with Crippen LogP contribution < -0.4 is 10.0 Å². The summed E-state index contributed by atoms with van der Waals surface area (Å²) < 4.78 is 40.8. The summed E-state index contributed by atoms with van der Waals surface area (Å²) in [4.78, 5) is 12.4. The number of benzene rings is 3. The number of anilines is 1. The van der Waals surface area contributed by atoms with Gasteiger partial charge in [-0.2, -0.15) is 0 Å². The molecule has 0 bridgehead atoms. The molecule has 3 aromatic carbocycles. The first-order chi connectivity index (χ1) is 14.3. The van der Waals surface area contributed by atoms with Crippen LogP contribution in [0.3, 0.4) is 0 Å². The third kappa shape index (κ3) is 5.24. The average molecular weight is 427 g/mol. The van der Waals surface area contributed by atoms with E-state index in [-0.39, 0.29) is 16.6 Å². The SMILES string of the molecule is Cc1cccc(NS(=O)(=O)c2ccc(C(=O)NCCc3ccc(F)cc3)cc2)c1C. The molecule has 156 valence electrons. The van der Waals surface area contributed by atoms with Crippen molar-refractivity contribution in [2.75, 3.05) is 11.3 Å². The summed E-state index contributed by atoms with van der Waals surface area (Å²) in [5.41, 5.74) is 3.65. The van der Waals surface area contributed by atoms with E-state index in [1.165, 1.54) is 36.4 Å². The minimum Gasteiger partial charge on any atom is -0.352 e. The van der Waals surface area contributed by atoms with Crippen LogP contribution >= 0.6 is 0 Å². The van der Waals surface area contributed by atoms with E-state index in [4.69, 9.17) is 0 Å². The number of nitrogens with one attached hydrogen (secondary N) is 2. The predicted molar refractivity (Wildman–Crippen MR) is 116 cm³/mol. The van der Waals surface area contributed by atoms with Crippen molar-refractivity contribution in [2.24, 2.45) is 0 Å². The molecule has 5 nitrogen and oxygen atoms in total. The zero-order chi connectivity index (χ0) is 21.7. The van der Waals surface area contributed by atoms with Crippen molar-refractivity contribution in [3.63, 3.8) is 0 Å². The van der Waals surface area contributed by atoms with Gasteiger partial charge in [-0.3, -0.25) is 9.52 Å². The number of rotatable bonds is 7. The number of halogens is 1. The zero-order valence-corrected chi connectivity index (χ0v) is 17.6. The lowest BCUT2D eigenvalue weighted by molar-refractivity contribution is 0.0954. The van der Waals surface area contributed by atoms with Crippen molar-refractivity contribution >= 4 is 21.6 Å². The Hall–Kier alpha value is -3.19. The molecule has 0 heterocycles. The van der Waals surface area contributed by atoms with E-state index in [1.807, 2.05) is 19.9 Å². The van der Waals surface area contributed by atoms with E-state index in [1.54, 1.807) is 24.3 Å². The molecule has 0 aliphatic heterocycles. The quantitative estimate of drug-likeness (QED) is 0.594. The summed E-state index contributed by atoms with van der Waals surface area (Å²) in [7, 11) is -3.76. The summed E-state index contributed by atoms with van der Waals surface area (Å²) >= 11 is 0. The number of hydrogen-bond acceptors (Lipinski definition) is 3. The standard InChI is InChI=1S/C23H23FN2O3S/c1-16-4-3-5-22(17(16)2)26-30(28,29)21-12-8-19(9-13-21)23(27)25-15-14-18-6-10-20(24)11-7-18/h3-13,26H,14-15H2,1-2H3,(H,25,27). The van der Waals surface area contributed by atoms with E-state index in [9.17, 15) is 17.6 Å². The molecular formula is C23H23FN2O3S. The second-order valence-electron chi connectivity index (χ2n) is 7.01. The molecule has 3 rings (SSSR count). The van der Waals surface area contributed by atoms with Crippen LogP contribution in [0.1, 0.15) is 27.0 Å². The molecule has 3 aromatic rings. The lowest BCUT2D eigenvalue weighted by Crippen LogP contribution is -2.25. The number of aryl methyl sites for hydroxylation is 1. The normalized spacial score (nSPS) is 11.2. The summed E-state index contributed by atoms with van der Waals surface area (Å²) in [6.45, 7) is 4.15. The first-order valence-electron chi connectivity index (χ1n) is 9.48. The Balaban J connectivity index is 1.62. The van der Waals surface area contributed by atoms with Crippen LogP contribution in [0.2, 0.25) is 0 Å². The molecule has 0 saturated heterocycles. The summed E-state index contributed by atoms with van der Waals surface area (Å²) in [5, 5.41) is 2.78. The maximum absolute atomic E-state index is 12.9. The Kier molecular flexibility index (Phi) is 6.52. The molecule has 0 fully saturated rings. The van der Waals surface area contributed by atoms with Crippen LogP contribution in [0.15, 0.2) is 71.6 Å². The number of carbonyl (C=O) groups is 1. The van der Waals surface area contributed by atoms with Crippen LogP contribution in [0.4, 0.5) is 10.1 Å². The molecule has 1 amide bonds. The van der Waals surface area contributed by atoms with Gasteiger partial charge in [-0.15, -0.1) is 0 Å². The number of hydrogen-bond donors (Lipinski definition) is 2. The van der Waals surface area contributed by atoms with Crippen LogP contribution in [0, 0.1) is 19.7 Å². The number of amides is 1. The first-order valence-corrected chi connectivity index (χ1v) is 11.0. The molecular weight excluding hydrogens is 403 g/mol. The van der Waals surface area contributed by atoms with Gasteiger partial charge >= 0.3 is 0 Å². The van der Waals surface area contributed by atoms with E-state index in [0.29, 0.717) is 24.2 Å². The molecule has 0 unspecified atom stereocenters. The van der Waals surface area contributed by atoms with Crippen molar-refractivity contribution < 1.29 is 17.6 Å². The Bertz CT molecular complexity index is 1140. The van der Waals surface area contributed by atoms with Gasteiger partial charge in [-0.05, 0) is 79.4 Å². The summed E-state index contributed by atoms with van der Waals surface area (Å²) in [6.07, 6.45) is 0.568. The minimum atomic E-state index is -3.76. The van der Waals surface area contributed by atoms with Gasteiger partial charge in [0.25, 0.3) is 15.9 Å². The molecule has 0 atom stereocenters. The van der Waals surface area contributed by atoms with E-state index in [2.05, 4.69) is 10.0 Å². The third-order valence-corrected chi connectivity index (χ3v) is 6.27. The topological polar surface area (TPSA) is 75.3 Å². The van der Waals surface area contributed by atoms with Crippen LogP contribution in [-0.4, -0.2) is 20.9 Å². The van der Waals surface area contributed by atoms with Crippen molar-refractivity contribution in [2.45, 2.75) is 25.2 Å². The Morgan fingerprint density at radius 3 is 2.27 bits per heavy atom. The molecule has 2 N–H and O–H groups in total. The van der Waals surface area contributed by atoms with Crippen molar-refractivity contribution in [3.05, 3.63) is 94.8 Å². The minimum absolute atomic E-state index is 0.0752. The molecule has 0 radical (unpaired) electrons. The lowest BCUT2D eigenvalue weighted by Gasteiger charge is -2.12. The Morgan fingerprint density at radius 2 is 1.60 bits per heavy atom. The third-order valence-electron chi connectivity index (χ3n) is 4.89. The van der Waals surface area contributed by atoms with Gasteiger partial charge in [0.2, 0.25) is 0 Å². The van der Waals surface area contributed by atoms with Gasteiger partial charge in [0.1, 0.15) is 5.82 Å². The first kappa shape index (κ1) is 21.5. The van der Waals surface area contributed by atoms with Gasteiger partial charge in [0.05, 0.1) is 10.6 Å². The second-order valence-corrected chi connectivity index (χ2v) is 8.69. The summed E-state index contributed by atoms with van der Waals surface area (Å²) in [6, 6.07) is 17.3. The van der Waals surface area contributed by atoms with Gasteiger partial charge in [0.15, 0.2) is 0 Å². The highest BCUT2D eigenvalue weighted by molar-refractivity contribution is 7.92. The van der Waals surface area contributed by atoms with Crippen molar-refractivity contribution in [1.29, 1.82) is 0 Å². The fourth-order valence-corrected chi connectivity index (χ4v) is 4.05. The molecule has 7 heteroatoms. The van der Waals surface area contributed by atoms with Gasteiger partial charge < -0.3 is 5.32 Å². The lowest BCUT2D eigenvalue weighted by atomic mass is 10.1. The fraction of sp³-hybridized carbons (Fsp3) is 0.174. The van der Waals surface area contributed by atoms with Crippen LogP contribution in [0.25, 0.3) is 0 Å². The largest absolute Gasteiger partial charge is 0.352 e. The molecule has 0 aliphatic rings. The van der Waals surface area contributed by atoms with Crippen LogP contribution in [-0.2, 0) is 16.4 Å². The maximum atomic E-state index is 12.9. The number of carbonyl (C=O) groups excluding carboxylic acids is 1. The van der Waals surface area contributed by atoms with Crippen molar-refractivity contribution in [1.82, 2.24) is 5.32 Å². The van der Waals surface area contributed by atoms with Gasteiger partial charge in [-0.1, -0.05) is 24.3 Å². The van der Waals surface area contributed by atoms with Gasteiger partial charge in [0, 0.05) is 12.1 Å². The Labute approximate surface area is 176 Å².